The summed E-state index contributed by atoms with van der Waals surface area (Å²) in [6.07, 6.45) is -2.24. The second-order valence-corrected chi connectivity index (χ2v) is 4.49. The molecule has 0 amide bonds. The summed E-state index contributed by atoms with van der Waals surface area (Å²) in [7, 11) is 1.70. The van der Waals surface area contributed by atoms with Crippen LogP contribution in [0.3, 0.4) is 0 Å². The molecule has 0 spiro atoms. The van der Waals surface area contributed by atoms with Crippen LogP contribution < -0.4 is 5.32 Å². The number of aliphatic hydroxyl groups is 2. The van der Waals surface area contributed by atoms with Gasteiger partial charge in [-0.1, -0.05) is 6.07 Å². The number of carbonyl (C=O) groups is 1. The predicted octanol–water partition coefficient (Wildman–Crippen LogP) is 0.801. The maximum atomic E-state index is 11.2. The maximum Gasteiger partial charge on any atom is 0.276 e. The number of nitrogens with one attached hydrogen (secondary N) is 1. The first-order chi connectivity index (χ1) is 9.38. The van der Waals surface area contributed by atoms with Crippen LogP contribution in [0.1, 0.15) is 35.4 Å². The summed E-state index contributed by atoms with van der Waals surface area (Å²) in [6.45, 7) is 1.77. The van der Waals surface area contributed by atoms with Gasteiger partial charge < -0.3 is 15.5 Å². The number of hydrogen-bond acceptors (Lipinski definition) is 6. The Morgan fingerprint density at radius 3 is 2.60 bits per heavy atom. The first kappa shape index (κ1) is 16.2. The summed E-state index contributed by atoms with van der Waals surface area (Å²) >= 11 is 0. The molecule has 2 atom stereocenters. The second kappa shape index (κ2) is 7.09. The summed E-state index contributed by atoms with van der Waals surface area (Å²) < 4.78 is 0. The molecule has 0 fully saturated rings. The van der Waals surface area contributed by atoms with Crippen LogP contribution in [0.4, 0.5) is 5.69 Å². The highest BCUT2D eigenvalue weighted by Crippen LogP contribution is 2.29. The standard InChI is InChI=1S/C13H18N2O5/c1-8(16)9-3-4-10(11(7-9)15(19)20)13(18)12(17)5-6-14-2/h3-4,7,12-14,17-18H,5-6H2,1-2H3. The average molecular weight is 282 g/mol. The Balaban J connectivity index is 3.10. The number of ketones is 1. The molecule has 0 aromatic heterocycles. The Hall–Kier alpha value is -1.83. The maximum absolute atomic E-state index is 11.2. The second-order valence-electron chi connectivity index (χ2n) is 4.49. The van der Waals surface area contributed by atoms with E-state index in [9.17, 15) is 25.1 Å². The smallest absolute Gasteiger partial charge is 0.276 e. The van der Waals surface area contributed by atoms with E-state index in [-0.39, 0.29) is 29.0 Å². The van der Waals surface area contributed by atoms with Gasteiger partial charge in [-0.25, -0.2) is 0 Å². The average Bonchev–Trinajstić information content (AvgIpc) is 2.42. The molecule has 0 heterocycles. The Morgan fingerprint density at radius 2 is 2.10 bits per heavy atom. The van der Waals surface area contributed by atoms with Crippen molar-refractivity contribution in [3.8, 4) is 0 Å². The number of Topliss-reactive ketones (excluding diaryl/α,β-unsaturated/α-hetero) is 1. The number of benzene rings is 1. The Bertz CT molecular complexity index is 504. The van der Waals surface area contributed by atoms with Crippen LogP contribution in [0.2, 0.25) is 0 Å². The van der Waals surface area contributed by atoms with Crippen molar-refractivity contribution in [3.05, 3.63) is 39.4 Å². The fourth-order valence-corrected chi connectivity index (χ4v) is 1.83. The van der Waals surface area contributed by atoms with Crippen molar-refractivity contribution in [1.82, 2.24) is 5.32 Å². The van der Waals surface area contributed by atoms with E-state index < -0.39 is 17.1 Å². The number of hydrogen-bond donors (Lipinski definition) is 3. The van der Waals surface area contributed by atoms with Gasteiger partial charge in [-0.3, -0.25) is 14.9 Å². The molecular formula is C13H18N2O5. The molecule has 7 heteroatoms. The van der Waals surface area contributed by atoms with Crippen LogP contribution in [0.5, 0.6) is 0 Å². The molecule has 1 aromatic carbocycles. The van der Waals surface area contributed by atoms with Crippen LogP contribution in [0, 0.1) is 10.1 Å². The molecule has 0 aliphatic heterocycles. The third kappa shape index (κ3) is 3.83. The fourth-order valence-electron chi connectivity index (χ4n) is 1.83. The lowest BCUT2D eigenvalue weighted by atomic mass is 9.98. The van der Waals surface area contributed by atoms with Crippen LogP contribution in [0.25, 0.3) is 0 Å². The number of carbonyl (C=O) groups excluding carboxylic acids is 1. The van der Waals surface area contributed by atoms with Crippen molar-refractivity contribution in [2.45, 2.75) is 25.6 Å². The van der Waals surface area contributed by atoms with Crippen LogP contribution in [-0.4, -0.2) is 40.6 Å². The summed E-state index contributed by atoms with van der Waals surface area (Å²) in [5, 5.41) is 33.7. The van der Waals surface area contributed by atoms with Gasteiger partial charge >= 0.3 is 0 Å². The van der Waals surface area contributed by atoms with Gasteiger partial charge in [-0.2, -0.15) is 0 Å². The molecule has 3 N–H and O–H groups in total. The van der Waals surface area contributed by atoms with Gasteiger partial charge in [0, 0.05) is 11.6 Å². The van der Waals surface area contributed by atoms with E-state index >= 15 is 0 Å². The molecule has 0 saturated heterocycles. The molecule has 7 nitrogen and oxygen atoms in total. The van der Waals surface area contributed by atoms with Crippen molar-refractivity contribution < 1.29 is 19.9 Å². The van der Waals surface area contributed by atoms with E-state index in [1.165, 1.54) is 19.1 Å². The third-order valence-corrected chi connectivity index (χ3v) is 3.01. The SMILES string of the molecule is CNCCC(O)C(O)c1ccc(C(C)=O)cc1[N+](=O)[O-]. The van der Waals surface area contributed by atoms with Gasteiger partial charge in [-0.15, -0.1) is 0 Å². The molecule has 0 aliphatic rings. The van der Waals surface area contributed by atoms with Crippen molar-refractivity contribution in [2.24, 2.45) is 0 Å². The monoisotopic (exact) mass is 282 g/mol. The first-order valence-electron chi connectivity index (χ1n) is 6.18. The molecule has 20 heavy (non-hydrogen) atoms. The topological polar surface area (TPSA) is 113 Å². The highest BCUT2D eigenvalue weighted by molar-refractivity contribution is 5.94. The largest absolute Gasteiger partial charge is 0.390 e. The lowest BCUT2D eigenvalue weighted by molar-refractivity contribution is -0.386. The zero-order chi connectivity index (χ0) is 15.3. The zero-order valence-corrected chi connectivity index (χ0v) is 11.4. The minimum absolute atomic E-state index is 0.00334. The van der Waals surface area contributed by atoms with E-state index in [0.29, 0.717) is 6.54 Å². The molecule has 2 unspecified atom stereocenters. The number of nitrogens with zero attached hydrogens (tertiary/aromatic N) is 1. The molecule has 110 valence electrons. The van der Waals surface area contributed by atoms with Crippen LogP contribution >= 0.6 is 0 Å². The fraction of sp³-hybridized carbons (Fsp3) is 0.462. The highest BCUT2D eigenvalue weighted by atomic mass is 16.6. The minimum atomic E-state index is -1.37. The summed E-state index contributed by atoms with van der Waals surface area (Å²) in [5.41, 5.74) is -0.172. The number of nitro groups is 1. The molecule has 1 aromatic rings. The Morgan fingerprint density at radius 1 is 1.45 bits per heavy atom. The predicted molar refractivity (Wildman–Crippen MR) is 72.6 cm³/mol. The van der Waals surface area contributed by atoms with Crippen LogP contribution in [0.15, 0.2) is 18.2 Å². The highest BCUT2D eigenvalue weighted by Gasteiger charge is 2.26. The van der Waals surface area contributed by atoms with Crippen molar-refractivity contribution >= 4 is 11.5 Å². The number of nitro benzene ring substituents is 1. The lowest BCUT2D eigenvalue weighted by Gasteiger charge is -2.18. The summed E-state index contributed by atoms with van der Waals surface area (Å²) in [6, 6.07) is 3.83. The Labute approximate surface area is 116 Å². The van der Waals surface area contributed by atoms with Gasteiger partial charge in [0.2, 0.25) is 0 Å². The Kier molecular flexibility index (Phi) is 5.75. The lowest BCUT2D eigenvalue weighted by Crippen LogP contribution is -2.24. The van der Waals surface area contributed by atoms with E-state index in [2.05, 4.69) is 5.32 Å². The third-order valence-electron chi connectivity index (χ3n) is 3.01. The van der Waals surface area contributed by atoms with Crippen LogP contribution in [-0.2, 0) is 0 Å². The van der Waals surface area contributed by atoms with Gasteiger partial charge in [-0.05, 0) is 33.0 Å². The zero-order valence-electron chi connectivity index (χ0n) is 11.4. The van der Waals surface area contributed by atoms with Gasteiger partial charge in [0.1, 0.15) is 6.10 Å². The van der Waals surface area contributed by atoms with Crippen molar-refractivity contribution in [1.29, 1.82) is 0 Å². The summed E-state index contributed by atoms with van der Waals surface area (Å²) in [5.74, 6) is -0.301. The molecule has 0 bridgehead atoms. The van der Waals surface area contributed by atoms with Crippen molar-refractivity contribution in [2.75, 3.05) is 13.6 Å². The minimum Gasteiger partial charge on any atom is -0.390 e. The van der Waals surface area contributed by atoms with E-state index in [0.717, 1.165) is 6.07 Å². The number of aliphatic hydroxyl groups excluding tert-OH is 2. The molecule has 0 aliphatic carbocycles. The molecule has 0 saturated carbocycles. The van der Waals surface area contributed by atoms with E-state index in [4.69, 9.17) is 0 Å². The van der Waals surface area contributed by atoms with Gasteiger partial charge in [0.25, 0.3) is 5.69 Å². The number of rotatable bonds is 7. The summed E-state index contributed by atoms with van der Waals surface area (Å²) in [4.78, 5) is 21.6. The molecule has 1 rings (SSSR count). The molecule has 0 radical (unpaired) electrons. The quantitative estimate of drug-likeness (QED) is 0.387. The normalized spacial score (nSPS) is 13.8. The van der Waals surface area contributed by atoms with E-state index in [1.807, 2.05) is 0 Å². The molecular weight excluding hydrogens is 264 g/mol. The van der Waals surface area contributed by atoms with Crippen molar-refractivity contribution in [3.63, 3.8) is 0 Å². The van der Waals surface area contributed by atoms with Gasteiger partial charge in [0.05, 0.1) is 16.6 Å². The van der Waals surface area contributed by atoms with Gasteiger partial charge in [0.15, 0.2) is 5.78 Å². The first-order valence-corrected chi connectivity index (χ1v) is 6.18. The van der Waals surface area contributed by atoms with E-state index in [1.54, 1.807) is 7.05 Å².